The molecule has 2 aliphatic rings. The molecule has 0 radical (unpaired) electrons. The van der Waals surface area contributed by atoms with E-state index in [0.717, 1.165) is 68.9 Å². The summed E-state index contributed by atoms with van der Waals surface area (Å²) in [4.78, 5) is 10.9. The average molecular weight is 1200 g/mol. The van der Waals surface area contributed by atoms with Crippen LogP contribution in [0, 0.1) is 18.8 Å². The van der Waals surface area contributed by atoms with E-state index in [1.807, 2.05) is 60.7 Å². The molecule has 8 aromatic carbocycles. The number of benzene rings is 8. The van der Waals surface area contributed by atoms with Gasteiger partial charge in [-0.1, -0.05) is 103 Å². The van der Waals surface area contributed by atoms with Crippen LogP contribution < -0.4 is 26.7 Å². The van der Waals surface area contributed by atoms with Crippen molar-refractivity contribution in [2.24, 2.45) is 0 Å². The minimum Gasteiger partial charge on any atom is 0 e. The molecule has 3 heterocycles. The number of anilines is 7. The largest absolute Gasteiger partial charge is 0 e. The van der Waals surface area contributed by atoms with E-state index in [-0.39, 0.29) is 26.5 Å². The van der Waals surface area contributed by atoms with Gasteiger partial charge >= 0.3 is 265 Å². The number of ether oxygens (including phenoxy) is 1. The van der Waals surface area contributed by atoms with Gasteiger partial charge in [-0.05, 0) is 28.3 Å². The predicted octanol–water partition coefficient (Wildman–Crippen LogP) is 14.6. The Morgan fingerprint density at radius 2 is 1.16 bits per heavy atom. The summed E-state index contributed by atoms with van der Waals surface area (Å²) in [7, 11) is 0. The minimum absolute atomic E-state index is 0. The summed E-state index contributed by atoms with van der Waals surface area (Å²) in [5, 5.41) is 0. The van der Waals surface area contributed by atoms with Crippen LogP contribution in [0.15, 0.2) is 194 Å². The molecule has 0 fully saturated rings. The first-order valence-electron chi connectivity index (χ1n) is 22.3. The molecular weight excluding hydrogens is 1160 g/mol. The van der Waals surface area contributed by atoms with Crippen molar-refractivity contribution in [1.82, 2.24) is 4.98 Å². The van der Waals surface area contributed by atoms with Crippen molar-refractivity contribution in [2.45, 2.75) is 32.4 Å². The topological polar surface area (TPSA) is 31.8 Å². The summed E-state index contributed by atoms with van der Waals surface area (Å²) < 4.78 is 51.2. The van der Waals surface area contributed by atoms with E-state index in [1.165, 1.54) is 12.1 Å². The number of alkyl halides is 3. The number of hydrogen-bond acceptors (Lipinski definition) is 5. The van der Waals surface area contributed by atoms with Crippen LogP contribution in [0.25, 0.3) is 33.4 Å². The summed E-state index contributed by atoms with van der Waals surface area (Å²) in [5.41, 5.74) is 11.6. The molecule has 69 heavy (non-hydrogen) atoms. The summed E-state index contributed by atoms with van der Waals surface area (Å²) in [6, 6.07) is 69.1. The van der Waals surface area contributed by atoms with E-state index in [1.54, 1.807) is 17.2 Å². The van der Waals surface area contributed by atoms with Crippen molar-refractivity contribution in [1.29, 1.82) is 0 Å². The van der Waals surface area contributed by atoms with Crippen molar-refractivity contribution < 1.29 is 39.0 Å². The van der Waals surface area contributed by atoms with Crippen LogP contribution in [0.1, 0.15) is 31.9 Å². The maximum absolute atomic E-state index is 14.2. The van der Waals surface area contributed by atoms with E-state index in [4.69, 9.17) is 9.72 Å². The fourth-order valence-electron chi connectivity index (χ4n) is 8.82. The SMILES string of the molecule is CC(C)(C)c1ccnc(N2c3[c-]c(Oc4[c-]c(N5[CH-]N(c6c(-c7ccccc7)cccc6-c6cccc(-c7ccccc7)c6)c6ccccc65)ccc4)ccc3[Te]c3ccc(C(F)(F)F)cc32)c1.[Pt]. The monoisotopic (exact) mass is 1200 g/mol. The zero-order valence-corrected chi connectivity index (χ0v) is 42.2. The van der Waals surface area contributed by atoms with Gasteiger partial charge in [-0.25, -0.2) is 0 Å². The first-order chi connectivity index (χ1) is 33.0. The molecule has 0 aliphatic carbocycles. The van der Waals surface area contributed by atoms with Crippen LogP contribution in [0.2, 0.25) is 0 Å². The third-order valence-electron chi connectivity index (χ3n) is 12.2. The first-order valence-corrected chi connectivity index (χ1v) is 24.6. The summed E-state index contributed by atoms with van der Waals surface area (Å²) in [6.45, 7) is 8.42. The molecule has 0 saturated heterocycles. The number of rotatable bonds is 8. The standard InChI is InChI=1S/C59H42F3N4OTe.Pt/c1-58(2,3)43-31-32-63-56(35-43)66-52-34-44(59(60,61)62)27-29-54(52)68-55-30-28-47(37-53(55)66)67-46-22-13-21-45(36-46)64-38-65(51-26-11-10-25-50(51)64)57-48(40-17-8-5-9-18-40)23-14-24-49(57)42-20-12-19-41(33-42)39-15-6-4-7-16-39;/h4-35,38H,1-3H3;/q-3;. The molecular formula is C59H42F3N4OPtTe-3. The number of fused-ring (bicyclic) bond motifs is 3. The van der Waals surface area contributed by atoms with Gasteiger partial charge in [-0.2, -0.15) is 0 Å². The van der Waals surface area contributed by atoms with Crippen molar-refractivity contribution in [2.75, 3.05) is 14.7 Å². The molecule has 0 N–H and O–H groups in total. The second-order valence-electron chi connectivity index (χ2n) is 17.7. The van der Waals surface area contributed by atoms with Crippen molar-refractivity contribution in [3.05, 3.63) is 224 Å². The van der Waals surface area contributed by atoms with E-state index in [9.17, 15) is 13.2 Å². The molecule has 0 unspecified atom stereocenters. The Bertz CT molecular complexity index is 3340. The molecule has 0 bridgehead atoms. The Kier molecular flexibility index (Phi) is 12.5. The van der Waals surface area contributed by atoms with Gasteiger partial charge in [-0.15, -0.1) is 0 Å². The average Bonchev–Trinajstić information content (AvgIpc) is 3.75. The van der Waals surface area contributed by atoms with E-state index >= 15 is 0 Å². The summed E-state index contributed by atoms with van der Waals surface area (Å²) in [6.07, 6.45) is -2.79. The number of nitrogens with zero attached hydrogens (tertiary/aromatic N) is 4. The van der Waals surface area contributed by atoms with Crippen molar-refractivity contribution in [3.63, 3.8) is 0 Å². The second kappa shape index (κ2) is 18.7. The van der Waals surface area contributed by atoms with Gasteiger partial charge < -0.3 is 0 Å². The molecule has 11 rings (SSSR count). The van der Waals surface area contributed by atoms with Crippen LogP contribution in [0.4, 0.5) is 53.1 Å². The molecule has 0 spiro atoms. The number of aromatic nitrogens is 1. The second-order valence-corrected chi connectivity index (χ2v) is 20.8. The third kappa shape index (κ3) is 9.08. The van der Waals surface area contributed by atoms with Crippen LogP contribution in [0.3, 0.4) is 0 Å². The number of para-hydroxylation sites is 3. The van der Waals surface area contributed by atoms with Crippen LogP contribution >= 0.6 is 0 Å². The number of halogens is 3. The van der Waals surface area contributed by atoms with Crippen molar-refractivity contribution in [3.8, 4) is 44.9 Å². The predicted molar refractivity (Wildman–Crippen MR) is 270 cm³/mol. The third-order valence-corrected chi connectivity index (χ3v) is 15.4. The van der Waals surface area contributed by atoms with Crippen LogP contribution in [0.5, 0.6) is 11.5 Å². The van der Waals surface area contributed by atoms with Gasteiger partial charge in [0.15, 0.2) is 0 Å². The zero-order valence-electron chi connectivity index (χ0n) is 37.6. The maximum Gasteiger partial charge on any atom is 0 e. The Hall–Kier alpha value is -6.62. The fourth-order valence-corrected chi connectivity index (χ4v) is 11.7. The Labute approximate surface area is 425 Å². The number of pyridine rings is 1. The minimum atomic E-state index is -4.51. The molecule has 0 amide bonds. The summed E-state index contributed by atoms with van der Waals surface area (Å²) in [5.74, 6) is 1.38. The van der Waals surface area contributed by atoms with Gasteiger partial charge in [0.2, 0.25) is 0 Å². The van der Waals surface area contributed by atoms with Gasteiger partial charge in [-0.3, -0.25) is 0 Å². The molecule has 2 aliphatic heterocycles. The fraction of sp³-hybridized carbons (Fsp3) is 0.0847. The molecule has 0 saturated carbocycles. The summed E-state index contributed by atoms with van der Waals surface area (Å²) >= 11 is -1.09. The van der Waals surface area contributed by atoms with Crippen LogP contribution in [-0.2, 0) is 32.7 Å². The smallest absolute Gasteiger partial charge is 0 e. The Morgan fingerprint density at radius 3 is 1.90 bits per heavy atom. The van der Waals surface area contributed by atoms with Gasteiger partial charge in [0.1, 0.15) is 0 Å². The normalized spacial score (nSPS) is 13.0. The van der Waals surface area contributed by atoms with Crippen molar-refractivity contribution >= 4 is 68.1 Å². The van der Waals surface area contributed by atoms with Crippen LogP contribution in [-0.4, -0.2) is 25.9 Å². The molecule has 10 heteroatoms. The molecule has 1 aromatic heterocycles. The van der Waals surface area contributed by atoms with E-state index in [2.05, 4.69) is 159 Å². The van der Waals surface area contributed by atoms with Gasteiger partial charge in [0, 0.05) is 32.2 Å². The zero-order chi connectivity index (χ0) is 46.6. The number of hydrogen-bond donors (Lipinski definition) is 0. The maximum atomic E-state index is 14.2. The Balaban J connectivity index is 0.00000553. The van der Waals surface area contributed by atoms with Gasteiger partial charge in [0.25, 0.3) is 0 Å². The van der Waals surface area contributed by atoms with E-state index < -0.39 is 32.7 Å². The van der Waals surface area contributed by atoms with E-state index in [0.29, 0.717) is 28.7 Å². The Morgan fingerprint density at radius 1 is 0.536 bits per heavy atom. The molecule has 344 valence electrons. The molecule has 5 nitrogen and oxygen atoms in total. The van der Waals surface area contributed by atoms with Gasteiger partial charge in [0.05, 0.1) is 0 Å². The molecule has 9 aromatic rings. The molecule has 0 atom stereocenters. The first kappa shape index (κ1) is 46.1. The quantitative estimate of drug-likeness (QED) is 0.112.